The highest BCUT2D eigenvalue weighted by Crippen LogP contribution is 2.10. The molecule has 0 saturated heterocycles. The first-order chi connectivity index (χ1) is 13.3. The fourth-order valence-corrected chi connectivity index (χ4v) is 2.41. The Kier molecular flexibility index (Phi) is 10.9. The molecule has 0 spiro atoms. The molecule has 29 heavy (non-hydrogen) atoms. The maximum absolute atomic E-state index is 12.6. The molecule has 11 nitrogen and oxygen atoms in total. The van der Waals surface area contributed by atoms with E-state index in [0.29, 0.717) is 6.42 Å². The lowest BCUT2D eigenvalue weighted by molar-refractivity contribution is -0.144. The molecule has 3 amide bonds. The first-order valence-electron chi connectivity index (χ1n) is 9.43. The number of nitrogens with two attached hydrogens (primary N) is 1. The van der Waals surface area contributed by atoms with Crippen LogP contribution in [-0.4, -0.2) is 64.0 Å². The zero-order valence-corrected chi connectivity index (χ0v) is 17.4. The fraction of sp³-hybridized carbons (Fsp3) is 0.722. The highest BCUT2D eigenvalue weighted by atomic mass is 16.4. The molecule has 0 saturated carbocycles. The van der Waals surface area contributed by atoms with Crippen molar-refractivity contribution >= 4 is 29.7 Å². The summed E-state index contributed by atoms with van der Waals surface area (Å²) in [6.07, 6.45) is -0.0565. The minimum absolute atomic E-state index is 0.311. The van der Waals surface area contributed by atoms with Crippen LogP contribution in [0.15, 0.2) is 0 Å². The summed E-state index contributed by atoms with van der Waals surface area (Å²) in [6.45, 7) is 8.20. The first kappa shape index (κ1) is 26.3. The van der Waals surface area contributed by atoms with Crippen molar-refractivity contribution in [3.63, 3.8) is 0 Å². The van der Waals surface area contributed by atoms with Gasteiger partial charge in [-0.2, -0.15) is 0 Å². The molecule has 0 radical (unpaired) electrons. The van der Waals surface area contributed by atoms with Crippen molar-refractivity contribution in [1.82, 2.24) is 16.0 Å². The largest absolute Gasteiger partial charge is 0.481 e. The SMILES string of the molecule is CCC(C)C(NC(=O)C(NC(=O)C(C)NC(=O)C(N)CC(=O)O)C(C)C)C(=O)O. The van der Waals surface area contributed by atoms with E-state index < -0.39 is 60.2 Å². The van der Waals surface area contributed by atoms with E-state index in [-0.39, 0.29) is 11.8 Å². The summed E-state index contributed by atoms with van der Waals surface area (Å²) in [5.74, 6) is -5.25. The fourth-order valence-electron chi connectivity index (χ4n) is 2.41. The van der Waals surface area contributed by atoms with Crippen molar-refractivity contribution in [1.29, 1.82) is 0 Å². The Balaban J connectivity index is 5.07. The maximum atomic E-state index is 12.6. The van der Waals surface area contributed by atoms with Crippen molar-refractivity contribution in [2.24, 2.45) is 17.6 Å². The van der Waals surface area contributed by atoms with Gasteiger partial charge in [0, 0.05) is 0 Å². The lowest BCUT2D eigenvalue weighted by atomic mass is 9.97. The van der Waals surface area contributed by atoms with Crippen LogP contribution in [0.2, 0.25) is 0 Å². The number of carboxylic acid groups (broad SMARTS) is 2. The number of aliphatic carboxylic acids is 2. The van der Waals surface area contributed by atoms with Gasteiger partial charge in [-0.25, -0.2) is 4.79 Å². The van der Waals surface area contributed by atoms with Gasteiger partial charge in [0.15, 0.2) is 0 Å². The smallest absolute Gasteiger partial charge is 0.326 e. The van der Waals surface area contributed by atoms with Gasteiger partial charge in [-0.15, -0.1) is 0 Å². The van der Waals surface area contributed by atoms with Crippen molar-refractivity contribution in [3.8, 4) is 0 Å². The van der Waals surface area contributed by atoms with Crippen molar-refractivity contribution in [2.75, 3.05) is 0 Å². The third-order valence-electron chi connectivity index (χ3n) is 4.51. The van der Waals surface area contributed by atoms with E-state index in [1.54, 1.807) is 27.7 Å². The average Bonchev–Trinajstić information content (AvgIpc) is 2.61. The van der Waals surface area contributed by atoms with E-state index in [0.717, 1.165) is 0 Å². The molecular weight excluding hydrogens is 384 g/mol. The van der Waals surface area contributed by atoms with Crippen LogP contribution in [0.4, 0.5) is 0 Å². The van der Waals surface area contributed by atoms with Gasteiger partial charge < -0.3 is 31.9 Å². The Labute approximate surface area is 169 Å². The molecular formula is C18H32N4O7. The highest BCUT2D eigenvalue weighted by Gasteiger charge is 2.32. The number of carbonyl (C=O) groups is 5. The second-order valence-corrected chi connectivity index (χ2v) is 7.37. The minimum Gasteiger partial charge on any atom is -0.481 e. The number of carboxylic acids is 2. The highest BCUT2D eigenvalue weighted by molar-refractivity contribution is 5.94. The van der Waals surface area contributed by atoms with Gasteiger partial charge in [0.2, 0.25) is 17.7 Å². The van der Waals surface area contributed by atoms with Gasteiger partial charge >= 0.3 is 11.9 Å². The minimum atomic E-state index is -1.32. The molecule has 5 atom stereocenters. The molecule has 0 aromatic carbocycles. The summed E-state index contributed by atoms with van der Waals surface area (Å²) in [7, 11) is 0. The lowest BCUT2D eigenvalue weighted by Crippen LogP contribution is -2.58. The zero-order valence-electron chi connectivity index (χ0n) is 17.4. The molecule has 0 aliphatic carbocycles. The summed E-state index contributed by atoms with van der Waals surface area (Å²) >= 11 is 0. The summed E-state index contributed by atoms with van der Waals surface area (Å²) in [4.78, 5) is 58.8. The zero-order chi connectivity index (χ0) is 22.9. The molecule has 0 rings (SSSR count). The molecule has 0 aliphatic rings. The molecule has 0 aromatic heterocycles. The lowest BCUT2D eigenvalue weighted by Gasteiger charge is -2.27. The maximum Gasteiger partial charge on any atom is 0.326 e. The van der Waals surface area contributed by atoms with E-state index in [1.807, 2.05) is 0 Å². The van der Waals surface area contributed by atoms with Gasteiger partial charge in [0.25, 0.3) is 0 Å². The number of amides is 3. The summed E-state index contributed by atoms with van der Waals surface area (Å²) in [5.41, 5.74) is 5.44. The number of carbonyl (C=O) groups excluding carboxylic acids is 3. The second-order valence-electron chi connectivity index (χ2n) is 7.37. The van der Waals surface area contributed by atoms with Crippen LogP contribution in [-0.2, 0) is 24.0 Å². The Hall–Kier alpha value is -2.69. The van der Waals surface area contributed by atoms with Gasteiger partial charge in [-0.3, -0.25) is 19.2 Å². The second kappa shape index (κ2) is 12.0. The van der Waals surface area contributed by atoms with E-state index in [2.05, 4.69) is 16.0 Å². The van der Waals surface area contributed by atoms with Gasteiger partial charge in [-0.05, 0) is 18.8 Å². The summed E-state index contributed by atoms with van der Waals surface area (Å²) < 4.78 is 0. The Morgan fingerprint density at radius 1 is 0.828 bits per heavy atom. The quantitative estimate of drug-likeness (QED) is 0.235. The van der Waals surface area contributed by atoms with E-state index in [9.17, 15) is 29.1 Å². The molecule has 7 N–H and O–H groups in total. The standard InChI is InChI=1S/C18H32N4O7/c1-6-9(4)14(18(28)29)22-17(27)13(8(2)3)21-15(25)10(5)20-16(26)11(19)7-12(23)24/h8-11,13-14H,6-7,19H2,1-5H3,(H,20,26)(H,21,25)(H,22,27)(H,23,24)(H,28,29). The van der Waals surface area contributed by atoms with Crippen LogP contribution < -0.4 is 21.7 Å². The van der Waals surface area contributed by atoms with Gasteiger partial charge in [0.05, 0.1) is 12.5 Å². The van der Waals surface area contributed by atoms with Crippen molar-refractivity contribution in [2.45, 2.75) is 71.6 Å². The van der Waals surface area contributed by atoms with Crippen molar-refractivity contribution in [3.05, 3.63) is 0 Å². The topological polar surface area (TPSA) is 188 Å². The van der Waals surface area contributed by atoms with Crippen LogP contribution in [0, 0.1) is 11.8 Å². The molecule has 166 valence electrons. The Morgan fingerprint density at radius 2 is 1.34 bits per heavy atom. The normalized spacial score (nSPS) is 16.1. The third-order valence-corrected chi connectivity index (χ3v) is 4.51. The van der Waals surface area contributed by atoms with E-state index in [4.69, 9.17) is 10.8 Å². The molecule has 0 bridgehead atoms. The number of hydrogen-bond donors (Lipinski definition) is 6. The number of nitrogens with one attached hydrogen (secondary N) is 3. The Bertz CT molecular complexity index is 623. The van der Waals surface area contributed by atoms with Crippen LogP contribution in [0.25, 0.3) is 0 Å². The van der Waals surface area contributed by atoms with Crippen LogP contribution in [0.3, 0.4) is 0 Å². The average molecular weight is 416 g/mol. The predicted molar refractivity (Wildman–Crippen MR) is 104 cm³/mol. The van der Waals surface area contributed by atoms with Crippen molar-refractivity contribution < 1.29 is 34.2 Å². The first-order valence-corrected chi connectivity index (χ1v) is 9.43. The predicted octanol–water partition coefficient (Wildman–Crippen LogP) is -0.951. The monoisotopic (exact) mass is 416 g/mol. The molecule has 0 aromatic rings. The van der Waals surface area contributed by atoms with Crippen LogP contribution >= 0.6 is 0 Å². The molecule has 0 fully saturated rings. The van der Waals surface area contributed by atoms with E-state index >= 15 is 0 Å². The molecule has 5 unspecified atom stereocenters. The van der Waals surface area contributed by atoms with Gasteiger partial charge in [0.1, 0.15) is 18.1 Å². The van der Waals surface area contributed by atoms with Crippen LogP contribution in [0.5, 0.6) is 0 Å². The molecule has 0 aliphatic heterocycles. The van der Waals surface area contributed by atoms with Crippen LogP contribution in [0.1, 0.15) is 47.5 Å². The Morgan fingerprint density at radius 3 is 1.76 bits per heavy atom. The number of hydrogen-bond acceptors (Lipinski definition) is 6. The summed E-state index contributed by atoms with van der Waals surface area (Å²) in [5, 5.41) is 25.2. The molecule has 0 heterocycles. The third kappa shape index (κ3) is 8.90. The summed E-state index contributed by atoms with van der Waals surface area (Å²) in [6, 6.07) is -4.53. The molecule has 11 heteroatoms. The number of rotatable bonds is 12. The van der Waals surface area contributed by atoms with E-state index in [1.165, 1.54) is 6.92 Å². The van der Waals surface area contributed by atoms with Gasteiger partial charge in [-0.1, -0.05) is 34.1 Å².